The van der Waals surface area contributed by atoms with Crippen LogP contribution in [0.1, 0.15) is 43.4 Å². The van der Waals surface area contributed by atoms with Gasteiger partial charge in [-0.3, -0.25) is 9.59 Å². The summed E-state index contributed by atoms with van der Waals surface area (Å²) in [5.74, 6) is 0.338. The second kappa shape index (κ2) is 8.67. The Kier molecular flexibility index (Phi) is 6.59. The summed E-state index contributed by atoms with van der Waals surface area (Å²) in [5, 5.41) is 6.12. The minimum absolute atomic E-state index is 0.0943. The molecule has 5 heteroatoms. The number of aryl methyl sites for hydroxylation is 1. The van der Waals surface area contributed by atoms with Crippen LogP contribution in [0.3, 0.4) is 0 Å². The highest BCUT2D eigenvalue weighted by molar-refractivity contribution is 5.79. The van der Waals surface area contributed by atoms with Gasteiger partial charge in [0.15, 0.2) is 0 Å². The molecule has 1 atom stereocenters. The Morgan fingerprint density at radius 2 is 2.04 bits per heavy atom. The quantitative estimate of drug-likeness (QED) is 0.684. The number of ether oxygens (including phenoxy) is 1. The molecular formula is C18H26N2O3. The highest BCUT2D eigenvalue weighted by Gasteiger charge is 2.22. The molecule has 23 heavy (non-hydrogen) atoms. The molecule has 2 N–H and O–H groups in total. The Morgan fingerprint density at radius 3 is 2.70 bits per heavy atom. The number of nitrogens with one attached hydrogen (secondary N) is 2. The summed E-state index contributed by atoms with van der Waals surface area (Å²) in [6, 6.07) is 7.42. The molecule has 0 bridgehead atoms. The lowest BCUT2D eigenvalue weighted by Crippen LogP contribution is -2.38. The molecule has 0 aliphatic heterocycles. The molecule has 1 saturated carbocycles. The van der Waals surface area contributed by atoms with Crippen molar-refractivity contribution in [1.29, 1.82) is 0 Å². The van der Waals surface area contributed by atoms with Crippen molar-refractivity contribution in [2.75, 3.05) is 19.7 Å². The first-order valence-electron chi connectivity index (χ1n) is 8.31. The molecule has 0 aromatic heterocycles. The topological polar surface area (TPSA) is 67.4 Å². The molecule has 0 radical (unpaired) electrons. The lowest BCUT2D eigenvalue weighted by Gasteiger charge is -2.20. The molecule has 0 heterocycles. The van der Waals surface area contributed by atoms with Crippen LogP contribution in [0.4, 0.5) is 0 Å². The molecule has 1 aromatic rings. The summed E-state index contributed by atoms with van der Waals surface area (Å²) >= 11 is 0. The number of benzene rings is 1. The van der Waals surface area contributed by atoms with Crippen LogP contribution in [0, 0.1) is 12.8 Å². The highest BCUT2D eigenvalue weighted by atomic mass is 16.5. The summed E-state index contributed by atoms with van der Waals surface area (Å²) in [6.07, 6.45) is 2.65. The lowest BCUT2D eigenvalue weighted by molar-refractivity contribution is -0.143. The van der Waals surface area contributed by atoms with E-state index in [9.17, 15) is 9.59 Å². The molecule has 1 aliphatic rings. The number of hydrogen-bond donors (Lipinski definition) is 2. The van der Waals surface area contributed by atoms with Crippen LogP contribution in [-0.2, 0) is 14.3 Å². The maximum Gasteiger partial charge on any atom is 0.308 e. The predicted molar refractivity (Wildman–Crippen MR) is 88.9 cm³/mol. The first kappa shape index (κ1) is 17.5. The average molecular weight is 318 g/mol. The first-order chi connectivity index (χ1) is 11.1. The third kappa shape index (κ3) is 6.02. The van der Waals surface area contributed by atoms with E-state index in [0.717, 1.165) is 23.6 Å². The molecular weight excluding hydrogens is 292 g/mol. The van der Waals surface area contributed by atoms with Crippen LogP contribution in [0.5, 0.6) is 0 Å². The molecule has 1 aromatic carbocycles. The van der Waals surface area contributed by atoms with Gasteiger partial charge in [-0.1, -0.05) is 24.3 Å². The van der Waals surface area contributed by atoms with E-state index in [0.29, 0.717) is 6.61 Å². The standard InChI is InChI=1S/C18H26N2O3/c1-3-23-18(22)10-16(15-7-5-4-6-13(15)2)20-17(21)12-19-11-14-8-9-14/h4-7,14,16,19H,3,8-12H2,1-2H3,(H,20,21). The zero-order chi connectivity index (χ0) is 16.7. The Labute approximate surface area is 137 Å². The number of carbonyl (C=O) groups is 2. The van der Waals surface area contributed by atoms with Gasteiger partial charge < -0.3 is 15.4 Å². The van der Waals surface area contributed by atoms with Crippen LogP contribution < -0.4 is 10.6 Å². The van der Waals surface area contributed by atoms with Gasteiger partial charge in [-0.05, 0) is 50.3 Å². The smallest absolute Gasteiger partial charge is 0.308 e. The molecule has 1 fully saturated rings. The number of rotatable bonds is 9. The molecule has 5 nitrogen and oxygen atoms in total. The van der Waals surface area contributed by atoms with E-state index in [1.807, 2.05) is 31.2 Å². The van der Waals surface area contributed by atoms with Gasteiger partial charge in [-0.25, -0.2) is 0 Å². The fraction of sp³-hybridized carbons (Fsp3) is 0.556. The minimum atomic E-state index is -0.356. The van der Waals surface area contributed by atoms with E-state index >= 15 is 0 Å². The van der Waals surface area contributed by atoms with Crippen molar-refractivity contribution in [2.45, 2.75) is 39.2 Å². The van der Waals surface area contributed by atoms with Gasteiger partial charge in [0.25, 0.3) is 0 Å². The van der Waals surface area contributed by atoms with Crippen LogP contribution in [0.2, 0.25) is 0 Å². The average Bonchev–Trinajstić information content (AvgIpc) is 3.31. The fourth-order valence-electron chi connectivity index (χ4n) is 2.56. The first-order valence-corrected chi connectivity index (χ1v) is 8.31. The third-order valence-electron chi connectivity index (χ3n) is 3.99. The largest absolute Gasteiger partial charge is 0.466 e. The second-order valence-corrected chi connectivity index (χ2v) is 6.06. The van der Waals surface area contributed by atoms with Gasteiger partial charge in [-0.15, -0.1) is 0 Å². The number of esters is 1. The number of hydrogen-bond acceptors (Lipinski definition) is 4. The van der Waals surface area contributed by atoms with E-state index < -0.39 is 0 Å². The molecule has 1 unspecified atom stereocenters. The van der Waals surface area contributed by atoms with Gasteiger partial charge in [0.05, 0.1) is 25.6 Å². The van der Waals surface area contributed by atoms with Crippen LogP contribution in [0.15, 0.2) is 24.3 Å². The zero-order valence-electron chi connectivity index (χ0n) is 13.9. The van der Waals surface area contributed by atoms with Crippen molar-refractivity contribution in [3.63, 3.8) is 0 Å². The molecule has 1 amide bonds. The summed E-state index contributed by atoms with van der Waals surface area (Å²) in [4.78, 5) is 24.0. The number of carbonyl (C=O) groups excluding carboxylic acids is 2. The van der Waals surface area contributed by atoms with Crippen LogP contribution >= 0.6 is 0 Å². The molecule has 1 aliphatic carbocycles. The Hall–Kier alpha value is -1.88. The van der Waals surface area contributed by atoms with Gasteiger partial charge in [0, 0.05) is 0 Å². The van der Waals surface area contributed by atoms with E-state index in [1.165, 1.54) is 12.8 Å². The van der Waals surface area contributed by atoms with Crippen molar-refractivity contribution < 1.29 is 14.3 Å². The maximum absolute atomic E-state index is 12.2. The van der Waals surface area contributed by atoms with Crippen LogP contribution in [0.25, 0.3) is 0 Å². The molecule has 0 saturated heterocycles. The second-order valence-electron chi connectivity index (χ2n) is 6.06. The lowest BCUT2D eigenvalue weighted by atomic mass is 9.98. The van der Waals surface area contributed by atoms with Crippen molar-refractivity contribution in [3.8, 4) is 0 Å². The van der Waals surface area contributed by atoms with Crippen molar-refractivity contribution in [2.24, 2.45) is 5.92 Å². The normalized spacial score (nSPS) is 15.0. The predicted octanol–water partition coefficient (Wildman–Crippen LogP) is 2.11. The Balaban J connectivity index is 1.95. The number of amides is 1. The summed E-state index contributed by atoms with van der Waals surface area (Å²) in [7, 11) is 0. The highest BCUT2D eigenvalue weighted by Crippen LogP contribution is 2.27. The van der Waals surface area contributed by atoms with Gasteiger partial charge in [0.1, 0.15) is 0 Å². The van der Waals surface area contributed by atoms with Gasteiger partial charge in [-0.2, -0.15) is 0 Å². The molecule has 126 valence electrons. The van der Waals surface area contributed by atoms with E-state index in [2.05, 4.69) is 10.6 Å². The van der Waals surface area contributed by atoms with Crippen LogP contribution in [-0.4, -0.2) is 31.6 Å². The maximum atomic E-state index is 12.2. The van der Waals surface area contributed by atoms with E-state index in [4.69, 9.17) is 4.74 Å². The Bertz CT molecular complexity index is 541. The zero-order valence-corrected chi connectivity index (χ0v) is 13.9. The SMILES string of the molecule is CCOC(=O)CC(NC(=O)CNCC1CC1)c1ccccc1C. The minimum Gasteiger partial charge on any atom is -0.466 e. The molecule has 2 rings (SSSR count). The van der Waals surface area contributed by atoms with Crippen molar-refractivity contribution in [1.82, 2.24) is 10.6 Å². The molecule has 0 spiro atoms. The Morgan fingerprint density at radius 1 is 1.30 bits per heavy atom. The fourth-order valence-corrected chi connectivity index (χ4v) is 2.56. The van der Waals surface area contributed by atoms with E-state index in [1.54, 1.807) is 6.92 Å². The summed E-state index contributed by atoms with van der Waals surface area (Å²) in [5.41, 5.74) is 2.00. The van der Waals surface area contributed by atoms with Crippen molar-refractivity contribution >= 4 is 11.9 Å². The van der Waals surface area contributed by atoms with E-state index in [-0.39, 0.29) is 30.9 Å². The van der Waals surface area contributed by atoms with Gasteiger partial charge >= 0.3 is 5.97 Å². The van der Waals surface area contributed by atoms with Gasteiger partial charge in [0.2, 0.25) is 5.91 Å². The van der Waals surface area contributed by atoms with Crippen molar-refractivity contribution in [3.05, 3.63) is 35.4 Å². The monoisotopic (exact) mass is 318 g/mol. The third-order valence-corrected chi connectivity index (χ3v) is 3.99. The summed E-state index contributed by atoms with van der Waals surface area (Å²) in [6.45, 7) is 5.27. The summed E-state index contributed by atoms with van der Waals surface area (Å²) < 4.78 is 5.03.